The van der Waals surface area contributed by atoms with E-state index in [2.05, 4.69) is 10.1 Å². The summed E-state index contributed by atoms with van der Waals surface area (Å²) in [6, 6.07) is 13.5. The third-order valence-corrected chi connectivity index (χ3v) is 4.43. The van der Waals surface area contributed by atoms with E-state index < -0.39 is 18.3 Å². The van der Waals surface area contributed by atoms with Crippen molar-refractivity contribution in [2.75, 3.05) is 30.4 Å². The molecule has 2 aromatic carbocycles. The van der Waals surface area contributed by atoms with Crippen LogP contribution in [0, 0.1) is 0 Å². The number of amides is 2. The molecule has 0 radical (unpaired) electrons. The van der Waals surface area contributed by atoms with Crippen LogP contribution in [0.5, 0.6) is 5.75 Å². The second-order valence-electron chi connectivity index (χ2n) is 6.63. The summed E-state index contributed by atoms with van der Waals surface area (Å²) in [6.07, 6.45) is -4.78. The minimum Gasteiger partial charge on any atom is -0.406 e. The average Bonchev–Trinajstić information content (AvgIpc) is 2.69. The molecule has 0 unspecified atom stereocenters. The van der Waals surface area contributed by atoms with Crippen molar-refractivity contribution >= 4 is 23.2 Å². The van der Waals surface area contributed by atoms with E-state index >= 15 is 0 Å². The van der Waals surface area contributed by atoms with Gasteiger partial charge in [0.05, 0.1) is 12.6 Å². The first-order valence-electron chi connectivity index (χ1n) is 9.33. The Balaban J connectivity index is 1.93. The zero-order chi connectivity index (χ0) is 22.3. The fourth-order valence-electron chi connectivity index (χ4n) is 2.79. The molecule has 0 spiro atoms. The van der Waals surface area contributed by atoms with Crippen molar-refractivity contribution in [3.63, 3.8) is 0 Å². The molecule has 0 fully saturated rings. The highest BCUT2D eigenvalue weighted by Crippen LogP contribution is 2.24. The smallest absolute Gasteiger partial charge is 0.406 e. The van der Waals surface area contributed by atoms with Gasteiger partial charge in [-0.2, -0.15) is 0 Å². The third kappa shape index (κ3) is 6.77. The van der Waals surface area contributed by atoms with Gasteiger partial charge in [0, 0.05) is 17.9 Å². The van der Waals surface area contributed by atoms with E-state index in [1.807, 2.05) is 37.3 Å². The molecular formula is C21H24F3N3O3. The summed E-state index contributed by atoms with van der Waals surface area (Å²) in [4.78, 5) is 28.4. The summed E-state index contributed by atoms with van der Waals surface area (Å²) in [6.45, 7) is 4.00. The number of hydrogen-bond acceptors (Lipinski definition) is 4. The number of alkyl halides is 3. The Kier molecular flexibility index (Phi) is 7.82. The molecule has 0 bridgehead atoms. The molecule has 2 aromatic rings. The number of carbonyl (C=O) groups excluding carboxylic acids is 2. The number of likely N-dealkylation sites (N-methyl/N-ethyl adjacent to an activating group) is 2. The Morgan fingerprint density at radius 3 is 2.20 bits per heavy atom. The van der Waals surface area contributed by atoms with Crippen molar-refractivity contribution in [1.82, 2.24) is 4.90 Å². The summed E-state index contributed by atoms with van der Waals surface area (Å²) >= 11 is 0. The molecule has 162 valence electrons. The summed E-state index contributed by atoms with van der Waals surface area (Å²) in [7, 11) is 1.65. The van der Waals surface area contributed by atoms with Crippen LogP contribution < -0.4 is 15.0 Å². The van der Waals surface area contributed by atoms with Crippen LogP contribution in [0.4, 0.5) is 24.5 Å². The van der Waals surface area contributed by atoms with Crippen LogP contribution in [-0.2, 0) is 9.59 Å². The summed E-state index contributed by atoms with van der Waals surface area (Å²) in [5.74, 6) is -0.922. The molecular weight excluding hydrogens is 399 g/mol. The fourth-order valence-corrected chi connectivity index (χ4v) is 2.79. The number of para-hydroxylation sites is 1. The maximum atomic E-state index is 12.9. The molecule has 6 nitrogen and oxygen atoms in total. The van der Waals surface area contributed by atoms with Crippen molar-refractivity contribution in [3.8, 4) is 5.75 Å². The number of carbonyl (C=O) groups is 2. The standard InChI is InChI=1S/C21H24F3N3O3/c1-4-27(17-8-6-5-7-9-17)20(29)15(2)26(3)14-19(28)25-16-10-12-18(13-11-16)30-21(22,23)24/h5-13,15H,4,14H2,1-3H3,(H,25,28)/t15-/m0/s1. The lowest BCUT2D eigenvalue weighted by Crippen LogP contribution is -2.48. The van der Waals surface area contributed by atoms with Gasteiger partial charge in [-0.3, -0.25) is 14.5 Å². The molecule has 1 N–H and O–H groups in total. The number of rotatable bonds is 8. The Morgan fingerprint density at radius 2 is 1.67 bits per heavy atom. The number of anilines is 2. The first-order chi connectivity index (χ1) is 14.1. The molecule has 0 saturated carbocycles. The van der Waals surface area contributed by atoms with Crippen LogP contribution >= 0.6 is 0 Å². The molecule has 0 aliphatic carbocycles. The Bertz CT molecular complexity index is 842. The van der Waals surface area contributed by atoms with Gasteiger partial charge in [0.1, 0.15) is 5.75 Å². The Labute approximate surface area is 173 Å². The van der Waals surface area contributed by atoms with Gasteiger partial charge in [0.25, 0.3) is 0 Å². The molecule has 9 heteroatoms. The molecule has 0 aromatic heterocycles. The zero-order valence-electron chi connectivity index (χ0n) is 16.9. The van der Waals surface area contributed by atoms with Crippen molar-refractivity contribution in [2.45, 2.75) is 26.3 Å². The van der Waals surface area contributed by atoms with E-state index in [4.69, 9.17) is 0 Å². The van der Waals surface area contributed by atoms with Gasteiger partial charge in [-0.1, -0.05) is 18.2 Å². The zero-order valence-corrected chi connectivity index (χ0v) is 16.9. The topological polar surface area (TPSA) is 61.9 Å². The molecule has 0 aliphatic rings. The lowest BCUT2D eigenvalue weighted by atomic mass is 10.2. The highest BCUT2D eigenvalue weighted by molar-refractivity contribution is 5.98. The normalized spacial score (nSPS) is 12.4. The quantitative estimate of drug-likeness (QED) is 0.700. The fraction of sp³-hybridized carbons (Fsp3) is 0.333. The van der Waals surface area contributed by atoms with Crippen LogP contribution in [0.3, 0.4) is 0 Å². The number of hydrogen-bond donors (Lipinski definition) is 1. The van der Waals surface area contributed by atoms with E-state index in [1.165, 1.54) is 12.1 Å². The second kappa shape index (κ2) is 10.1. The van der Waals surface area contributed by atoms with E-state index in [-0.39, 0.29) is 18.2 Å². The molecule has 0 aliphatic heterocycles. The number of ether oxygens (including phenoxy) is 1. The first-order valence-corrected chi connectivity index (χ1v) is 9.33. The number of nitrogens with zero attached hydrogens (tertiary/aromatic N) is 2. The lowest BCUT2D eigenvalue weighted by molar-refractivity contribution is -0.274. The molecule has 2 amide bonds. The van der Waals surface area contributed by atoms with Gasteiger partial charge in [-0.15, -0.1) is 13.2 Å². The van der Waals surface area contributed by atoms with Crippen LogP contribution in [0.1, 0.15) is 13.8 Å². The highest BCUT2D eigenvalue weighted by atomic mass is 19.4. The second-order valence-corrected chi connectivity index (χ2v) is 6.63. The van der Waals surface area contributed by atoms with Crippen molar-refractivity contribution < 1.29 is 27.5 Å². The summed E-state index contributed by atoms with van der Waals surface area (Å²) < 4.78 is 40.4. The minimum atomic E-state index is -4.78. The largest absolute Gasteiger partial charge is 0.573 e. The van der Waals surface area contributed by atoms with Crippen LogP contribution in [-0.4, -0.2) is 49.3 Å². The van der Waals surface area contributed by atoms with Gasteiger partial charge in [0.2, 0.25) is 11.8 Å². The van der Waals surface area contributed by atoms with Crippen molar-refractivity contribution in [2.24, 2.45) is 0 Å². The average molecular weight is 423 g/mol. The van der Waals surface area contributed by atoms with Crippen LogP contribution in [0.25, 0.3) is 0 Å². The van der Waals surface area contributed by atoms with Crippen molar-refractivity contribution in [1.29, 1.82) is 0 Å². The van der Waals surface area contributed by atoms with Gasteiger partial charge >= 0.3 is 6.36 Å². The molecule has 1 atom stereocenters. The highest BCUT2D eigenvalue weighted by Gasteiger charge is 2.31. The maximum Gasteiger partial charge on any atom is 0.573 e. The van der Waals surface area contributed by atoms with Gasteiger partial charge in [-0.25, -0.2) is 0 Å². The Hall–Kier alpha value is -3.07. The number of nitrogens with one attached hydrogen (secondary N) is 1. The molecule has 30 heavy (non-hydrogen) atoms. The van der Waals surface area contributed by atoms with Gasteiger partial charge < -0.3 is 15.0 Å². The monoisotopic (exact) mass is 423 g/mol. The predicted octanol–water partition coefficient (Wildman–Crippen LogP) is 3.90. The van der Waals surface area contributed by atoms with E-state index in [0.717, 1.165) is 17.8 Å². The van der Waals surface area contributed by atoms with E-state index in [9.17, 15) is 22.8 Å². The number of halogens is 3. The maximum absolute atomic E-state index is 12.9. The van der Waals surface area contributed by atoms with Crippen molar-refractivity contribution in [3.05, 3.63) is 54.6 Å². The van der Waals surface area contributed by atoms with E-state index in [1.54, 1.807) is 23.8 Å². The van der Waals surface area contributed by atoms with Gasteiger partial charge in [-0.05, 0) is 57.3 Å². The number of benzene rings is 2. The summed E-state index contributed by atoms with van der Waals surface area (Å²) in [5.41, 5.74) is 1.09. The predicted molar refractivity (Wildman–Crippen MR) is 108 cm³/mol. The molecule has 2 rings (SSSR count). The van der Waals surface area contributed by atoms with Gasteiger partial charge in [0.15, 0.2) is 0 Å². The lowest BCUT2D eigenvalue weighted by Gasteiger charge is -2.29. The Morgan fingerprint density at radius 1 is 1.07 bits per heavy atom. The minimum absolute atomic E-state index is 0.0694. The van der Waals surface area contributed by atoms with E-state index in [0.29, 0.717) is 12.2 Å². The molecule has 0 saturated heterocycles. The summed E-state index contributed by atoms with van der Waals surface area (Å²) in [5, 5.41) is 2.59. The first kappa shape index (κ1) is 23.2. The van der Waals surface area contributed by atoms with Crippen LogP contribution in [0.15, 0.2) is 54.6 Å². The third-order valence-electron chi connectivity index (χ3n) is 4.43. The van der Waals surface area contributed by atoms with Crippen LogP contribution in [0.2, 0.25) is 0 Å². The molecule has 0 heterocycles. The SMILES string of the molecule is CCN(C(=O)[C@H](C)N(C)CC(=O)Nc1ccc(OC(F)(F)F)cc1)c1ccccc1.